The summed E-state index contributed by atoms with van der Waals surface area (Å²) < 4.78 is 12.9. The standard InChI is InChI=1S/C15H13Br2NO3S/c1-18(15(19)13-7-10(16)14(17)22-13)8-9-2-3-11-12(6-9)21-5-4-20-11/h2-3,6-7H,4-5,8H2,1H3. The lowest BCUT2D eigenvalue weighted by molar-refractivity contribution is 0.0789. The average Bonchev–Trinajstić information content (AvgIpc) is 2.85. The predicted octanol–water partition coefficient (Wildman–Crippen LogP) is 4.32. The van der Waals surface area contributed by atoms with E-state index in [0.29, 0.717) is 24.6 Å². The normalized spacial score (nSPS) is 13.0. The van der Waals surface area contributed by atoms with E-state index in [4.69, 9.17) is 9.47 Å². The molecule has 0 radical (unpaired) electrons. The largest absolute Gasteiger partial charge is 0.486 e. The minimum Gasteiger partial charge on any atom is -0.486 e. The van der Waals surface area contributed by atoms with Crippen LogP contribution in [0.2, 0.25) is 0 Å². The summed E-state index contributed by atoms with van der Waals surface area (Å²) in [6.07, 6.45) is 0. The van der Waals surface area contributed by atoms with Gasteiger partial charge in [0.2, 0.25) is 0 Å². The third-order valence-corrected chi connectivity index (χ3v) is 6.47. The van der Waals surface area contributed by atoms with Crippen LogP contribution in [0.1, 0.15) is 15.2 Å². The quantitative estimate of drug-likeness (QED) is 0.704. The lowest BCUT2D eigenvalue weighted by Crippen LogP contribution is -2.25. The molecule has 1 aliphatic rings. The van der Waals surface area contributed by atoms with Crippen molar-refractivity contribution in [1.29, 1.82) is 0 Å². The number of thiophene rings is 1. The minimum absolute atomic E-state index is 0.00807. The maximum atomic E-state index is 12.4. The van der Waals surface area contributed by atoms with Gasteiger partial charge in [0.05, 0.1) is 8.66 Å². The van der Waals surface area contributed by atoms with Gasteiger partial charge in [-0.3, -0.25) is 4.79 Å². The molecular weight excluding hydrogens is 434 g/mol. The van der Waals surface area contributed by atoms with Crippen LogP contribution in [-0.2, 0) is 6.54 Å². The number of hydrogen-bond acceptors (Lipinski definition) is 4. The van der Waals surface area contributed by atoms with E-state index in [2.05, 4.69) is 31.9 Å². The first-order chi connectivity index (χ1) is 10.5. The monoisotopic (exact) mass is 445 g/mol. The number of benzene rings is 1. The Kier molecular flexibility index (Phi) is 4.75. The Morgan fingerprint density at radius 2 is 1.95 bits per heavy atom. The molecule has 7 heteroatoms. The number of hydrogen-bond donors (Lipinski definition) is 0. The van der Waals surface area contributed by atoms with Crippen LogP contribution in [-0.4, -0.2) is 31.1 Å². The molecule has 1 aromatic carbocycles. The highest BCUT2D eigenvalue weighted by atomic mass is 79.9. The van der Waals surface area contributed by atoms with Gasteiger partial charge >= 0.3 is 0 Å². The van der Waals surface area contributed by atoms with E-state index in [0.717, 1.165) is 25.3 Å². The van der Waals surface area contributed by atoms with Crippen LogP contribution in [0.5, 0.6) is 11.5 Å². The fraction of sp³-hybridized carbons (Fsp3) is 0.267. The van der Waals surface area contributed by atoms with Gasteiger partial charge in [-0.05, 0) is 55.6 Å². The predicted molar refractivity (Wildman–Crippen MR) is 92.9 cm³/mol. The van der Waals surface area contributed by atoms with Crippen molar-refractivity contribution in [1.82, 2.24) is 4.90 Å². The molecule has 0 spiro atoms. The average molecular weight is 447 g/mol. The zero-order chi connectivity index (χ0) is 15.7. The van der Waals surface area contributed by atoms with Crippen molar-refractivity contribution < 1.29 is 14.3 Å². The smallest absolute Gasteiger partial charge is 0.264 e. The third kappa shape index (κ3) is 3.31. The topological polar surface area (TPSA) is 38.8 Å². The molecule has 0 bridgehead atoms. The Labute approximate surface area is 149 Å². The van der Waals surface area contributed by atoms with Crippen molar-refractivity contribution in [2.75, 3.05) is 20.3 Å². The van der Waals surface area contributed by atoms with E-state index >= 15 is 0 Å². The van der Waals surface area contributed by atoms with E-state index < -0.39 is 0 Å². The SMILES string of the molecule is CN(Cc1ccc2c(c1)OCCO2)C(=O)c1cc(Br)c(Br)s1. The molecule has 0 aliphatic carbocycles. The van der Waals surface area contributed by atoms with Crippen LogP contribution in [0.4, 0.5) is 0 Å². The summed E-state index contributed by atoms with van der Waals surface area (Å²) in [5, 5.41) is 0. The molecule has 2 heterocycles. The lowest BCUT2D eigenvalue weighted by Gasteiger charge is -2.21. The Bertz CT molecular complexity index is 697. The first-order valence-corrected chi connectivity index (χ1v) is 9.03. The molecule has 116 valence electrons. The molecule has 22 heavy (non-hydrogen) atoms. The first-order valence-electron chi connectivity index (χ1n) is 6.63. The summed E-state index contributed by atoms with van der Waals surface area (Å²) >= 11 is 8.23. The fourth-order valence-electron chi connectivity index (χ4n) is 2.17. The van der Waals surface area contributed by atoms with Crippen LogP contribution < -0.4 is 9.47 Å². The van der Waals surface area contributed by atoms with Gasteiger partial charge in [0.15, 0.2) is 11.5 Å². The summed E-state index contributed by atoms with van der Waals surface area (Å²) in [7, 11) is 1.79. The van der Waals surface area contributed by atoms with Crippen molar-refractivity contribution in [2.45, 2.75) is 6.54 Å². The molecule has 0 saturated heterocycles. The summed E-state index contributed by atoms with van der Waals surface area (Å²) in [5.41, 5.74) is 1.01. The van der Waals surface area contributed by atoms with E-state index in [1.165, 1.54) is 11.3 Å². The Hall–Kier alpha value is -1.05. The van der Waals surface area contributed by atoms with Crippen LogP contribution in [0, 0.1) is 0 Å². The van der Waals surface area contributed by atoms with Gasteiger partial charge in [0, 0.05) is 18.1 Å². The number of nitrogens with zero attached hydrogens (tertiary/aromatic N) is 1. The highest BCUT2D eigenvalue weighted by Crippen LogP contribution is 2.34. The van der Waals surface area contributed by atoms with Crippen molar-refractivity contribution in [3.8, 4) is 11.5 Å². The third-order valence-electron chi connectivity index (χ3n) is 3.23. The molecule has 0 fully saturated rings. The second kappa shape index (κ2) is 6.60. The molecule has 0 N–H and O–H groups in total. The van der Waals surface area contributed by atoms with Crippen LogP contribution in [0.15, 0.2) is 32.5 Å². The van der Waals surface area contributed by atoms with Crippen molar-refractivity contribution >= 4 is 49.1 Å². The number of carbonyl (C=O) groups excluding carboxylic acids is 1. The molecule has 4 nitrogen and oxygen atoms in total. The van der Waals surface area contributed by atoms with E-state index in [-0.39, 0.29) is 5.91 Å². The van der Waals surface area contributed by atoms with Gasteiger partial charge in [-0.2, -0.15) is 0 Å². The number of fused-ring (bicyclic) bond motifs is 1. The first kappa shape index (κ1) is 15.8. The zero-order valence-electron chi connectivity index (χ0n) is 11.8. The Morgan fingerprint density at radius 3 is 2.64 bits per heavy atom. The molecule has 1 amide bonds. The van der Waals surface area contributed by atoms with Gasteiger partial charge in [0.1, 0.15) is 13.2 Å². The lowest BCUT2D eigenvalue weighted by atomic mass is 10.2. The molecular formula is C15H13Br2NO3S. The van der Waals surface area contributed by atoms with Crippen molar-refractivity contribution in [3.05, 3.63) is 43.0 Å². The number of halogens is 2. The molecule has 0 saturated carbocycles. The summed E-state index contributed by atoms with van der Waals surface area (Å²) in [6.45, 7) is 1.65. The van der Waals surface area contributed by atoms with Gasteiger partial charge in [0.25, 0.3) is 5.91 Å². The van der Waals surface area contributed by atoms with Gasteiger partial charge in [-0.25, -0.2) is 0 Å². The van der Waals surface area contributed by atoms with Gasteiger partial charge in [-0.15, -0.1) is 11.3 Å². The number of rotatable bonds is 3. The molecule has 0 atom stereocenters. The number of carbonyl (C=O) groups is 1. The number of amides is 1. The van der Waals surface area contributed by atoms with E-state index in [9.17, 15) is 4.79 Å². The fourth-order valence-corrected chi connectivity index (χ4v) is 4.20. The summed E-state index contributed by atoms with van der Waals surface area (Å²) in [6, 6.07) is 7.61. The zero-order valence-corrected chi connectivity index (χ0v) is 15.8. The van der Waals surface area contributed by atoms with Gasteiger partial charge in [-0.1, -0.05) is 6.07 Å². The second-order valence-electron chi connectivity index (χ2n) is 4.87. The van der Waals surface area contributed by atoms with Crippen LogP contribution in [0.25, 0.3) is 0 Å². The molecule has 2 aromatic rings. The number of ether oxygens (including phenoxy) is 2. The van der Waals surface area contributed by atoms with Crippen molar-refractivity contribution in [3.63, 3.8) is 0 Å². The van der Waals surface area contributed by atoms with Crippen molar-refractivity contribution in [2.24, 2.45) is 0 Å². The minimum atomic E-state index is -0.00807. The van der Waals surface area contributed by atoms with Crippen LogP contribution in [0.3, 0.4) is 0 Å². The highest BCUT2D eigenvalue weighted by molar-refractivity contribution is 9.13. The summed E-state index contributed by atoms with van der Waals surface area (Å²) in [5.74, 6) is 1.49. The molecule has 3 rings (SSSR count). The van der Waals surface area contributed by atoms with Crippen LogP contribution >= 0.6 is 43.2 Å². The second-order valence-corrected chi connectivity index (χ2v) is 8.10. The Morgan fingerprint density at radius 1 is 1.23 bits per heavy atom. The molecule has 1 aromatic heterocycles. The van der Waals surface area contributed by atoms with Gasteiger partial charge < -0.3 is 14.4 Å². The Balaban J connectivity index is 1.73. The maximum Gasteiger partial charge on any atom is 0.264 e. The molecule has 0 unspecified atom stereocenters. The highest BCUT2D eigenvalue weighted by Gasteiger charge is 2.18. The molecule has 1 aliphatic heterocycles. The van der Waals surface area contributed by atoms with E-state index in [1.807, 2.05) is 24.3 Å². The van der Waals surface area contributed by atoms with E-state index in [1.54, 1.807) is 11.9 Å². The maximum absolute atomic E-state index is 12.4. The summed E-state index contributed by atoms with van der Waals surface area (Å²) in [4.78, 5) is 14.8.